The Kier molecular flexibility index (Phi) is 5.87. The number of likely N-dealkylation sites (tertiary alicyclic amines) is 1. The number of hydrogen-bond donors (Lipinski definition) is 0. The van der Waals surface area contributed by atoms with Crippen LogP contribution in [0.25, 0.3) is 11.0 Å². The van der Waals surface area contributed by atoms with Gasteiger partial charge in [-0.1, -0.05) is 12.1 Å². The van der Waals surface area contributed by atoms with E-state index in [4.69, 9.17) is 9.72 Å². The first kappa shape index (κ1) is 19.1. The summed E-state index contributed by atoms with van der Waals surface area (Å²) in [5, 5.41) is 9.66. The summed E-state index contributed by atoms with van der Waals surface area (Å²) in [5.74, 6) is -1.09. The zero-order chi connectivity index (χ0) is 19.4. The number of benzene rings is 1. The first-order valence-corrected chi connectivity index (χ1v) is 9.29. The minimum atomic E-state index is -1.09. The van der Waals surface area contributed by atoms with E-state index in [-0.39, 0.29) is 12.6 Å². The van der Waals surface area contributed by atoms with Gasteiger partial charge in [0.1, 0.15) is 5.69 Å². The standard InChI is InChI=1S/C20H25N5O2/c1-4-27-20(26)15(13-21)18-19(23-17-8-6-5-7-16(17)22-18)25(3)14-9-11-24(2)12-10-14/h5-8,14-15H,4,9-12H2,1-3H3. The third-order valence-electron chi connectivity index (χ3n) is 5.07. The molecule has 1 aliphatic heterocycles. The van der Waals surface area contributed by atoms with E-state index in [1.54, 1.807) is 6.92 Å². The van der Waals surface area contributed by atoms with Crippen LogP contribution in [0.1, 0.15) is 31.4 Å². The molecule has 27 heavy (non-hydrogen) atoms. The summed E-state index contributed by atoms with van der Waals surface area (Å²) in [4.78, 5) is 26.2. The molecule has 0 N–H and O–H groups in total. The summed E-state index contributed by atoms with van der Waals surface area (Å²) < 4.78 is 5.10. The van der Waals surface area contributed by atoms with Gasteiger partial charge in [0.15, 0.2) is 11.7 Å². The molecule has 1 aromatic carbocycles. The van der Waals surface area contributed by atoms with E-state index in [9.17, 15) is 10.1 Å². The van der Waals surface area contributed by atoms with Gasteiger partial charge in [-0.25, -0.2) is 9.97 Å². The highest BCUT2D eigenvalue weighted by Gasteiger charge is 2.31. The Hall–Kier alpha value is -2.72. The van der Waals surface area contributed by atoms with Crippen molar-refractivity contribution in [2.75, 3.05) is 38.7 Å². The molecule has 7 nitrogen and oxygen atoms in total. The van der Waals surface area contributed by atoms with E-state index in [1.165, 1.54) is 0 Å². The van der Waals surface area contributed by atoms with Crippen molar-refractivity contribution >= 4 is 22.8 Å². The molecule has 0 bridgehead atoms. The second-order valence-corrected chi connectivity index (χ2v) is 6.88. The summed E-state index contributed by atoms with van der Waals surface area (Å²) in [6.45, 7) is 3.96. The fourth-order valence-electron chi connectivity index (χ4n) is 3.46. The molecule has 1 fully saturated rings. The predicted molar refractivity (Wildman–Crippen MR) is 103 cm³/mol. The van der Waals surface area contributed by atoms with E-state index in [1.807, 2.05) is 31.3 Å². The highest BCUT2D eigenvalue weighted by Crippen LogP contribution is 2.30. The molecule has 0 spiro atoms. The number of nitriles is 1. The average molecular weight is 367 g/mol. The Bertz CT molecular complexity index is 855. The maximum atomic E-state index is 12.4. The van der Waals surface area contributed by atoms with Gasteiger partial charge in [-0.15, -0.1) is 0 Å². The van der Waals surface area contributed by atoms with Crippen molar-refractivity contribution in [3.63, 3.8) is 0 Å². The number of fused-ring (bicyclic) bond motifs is 1. The molecule has 0 amide bonds. The van der Waals surface area contributed by atoms with E-state index in [0.29, 0.717) is 17.0 Å². The number of esters is 1. The summed E-state index contributed by atoms with van der Waals surface area (Å²) in [5.41, 5.74) is 1.78. The molecule has 2 aromatic rings. The molecular formula is C20H25N5O2. The normalized spacial score (nSPS) is 16.7. The quantitative estimate of drug-likeness (QED) is 0.750. The lowest BCUT2D eigenvalue weighted by atomic mass is 10.0. The highest BCUT2D eigenvalue weighted by atomic mass is 16.5. The first-order chi connectivity index (χ1) is 13.0. The number of piperidine rings is 1. The van der Waals surface area contributed by atoms with Crippen LogP contribution in [-0.4, -0.2) is 60.7 Å². The van der Waals surface area contributed by atoms with Crippen molar-refractivity contribution in [1.29, 1.82) is 5.26 Å². The van der Waals surface area contributed by atoms with Crippen LogP contribution in [0, 0.1) is 11.3 Å². The SMILES string of the molecule is CCOC(=O)C(C#N)c1nc2ccccc2nc1N(C)C1CCN(C)CC1. The van der Waals surface area contributed by atoms with Gasteiger partial charge >= 0.3 is 5.97 Å². The van der Waals surface area contributed by atoms with Crippen molar-refractivity contribution in [3.05, 3.63) is 30.0 Å². The van der Waals surface area contributed by atoms with Crippen LogP contribution in [0.4, 0.5) is 5.82 Å². The van der Waals surface area contributed by atoms with Crippen LogP contribution in [0.2, 0.25) is 0 Å². The molecule has 0 aliphatic carbocycles. The average Bonchev–Trinajstić information content (AvgIpc) is 2.68. The third kappa shape index (κ3) is 4.01. The van der Waals surface area contributed by atoms with Gasteiger partial charge in [-0.05, 0) is 52.0 Å². The third-order valence-corrected chi connectivity index (χ3v) is 5.07. The van der Waals surface area contributed by atoms with Gasteiger partial charge in [0.2, 0.25) is 0 Å². The molecule has 0 saturated carbocycles. The Morgan fingerprint density at radius 1 is 1.33 bits per heavy atom. The Morgan fingerprint density at radius 2 is 1.96 bits per heavy atom. The van der Waals surface area contributed by atoms with E-state index >= 15 is 0 Å². The minimum absolute atomic E-state index is 0.220. The number of rotatable bonds is 5. The fourth-order valence-corrected chi connectivity index (χ4v) is 3.46. The lowest BCUT2D eigenvalue weighted by Crippen LogP contribution is -2.43. The van der Waals surface area contributed by atoms with Crippen molar-refractivity contribution in [2.24, 2.45) is 0 Å². The maximum Gasteiger partial charge on any atom is 0.329 e. The number of carbonyl (C=O) groups is 1. The van der Waals surface area contributed by atoms with Crippen LogP contribution in [0.3, 0.4) is 0 Å². The van der Waals surface area contributed by atoms with Crippen molar-refractivity contribution < 1.29 is 9.53 Å². The number of para-hydroxylation sites is 2. The van der Waals surface area contributed by atoms with Crippen LogP contribution < -0.4 is 4.90 Å². The van der Waals surface area contributed by atoms with Crippen LogP contribution >= 0.6 is 0 Å². The second-order valence-electron chi connectivity index (χ2n) is 6.88. The lowest BCUT2D eigenvalue weighted by molar-refractivity contribution is -0.143. The largest absolute Gasteiger partial charge is 0.465 e. The number of carbonyl (C=O) groups excluding carboxylic acids is 1. The van der Waals surface area contributed by atoms with Crippen molar-refractivity contribution in [3.8, 4) is 6.07 Å². The summed E-state index contributed by atoms with van der Waals surface area (Å²) in [6, 6.07) is 9.85. The topological polar surface area (TPSA) is 82.3 Å². The Labute approximate surface area is 159 Å². The zero-order valence-electron chi connectivity index (χ0n) is 16.1. The van der Waals surface area contributed by atoms with E-state index in [2.05, 4.69) is 27.9 Å². The van der Waals surface area contributed by atoms with Crippen LogP contribution in [0.15, 0.2) is 24.3 Å². The monoisotopic (exact) mass is 367 g/mol. The van der Waals surface area contributed by atoms with Crippen LogP contribution in [0.5, 0.6) is 0 Å². The zero-order valence-corrected chi connectivity index (χ0v) is 16.1. The number of anilines is 1. The first-order valence-electron chi connectivity index (χ1n) is 9.29. The Morgan fingerprint density at radius 3 is 2.56 bits per heavy atom. The molecular weight excluding hydrogens is 342 g/mol. The summed E-state index contributed by atoms with van der Waals surface area (Å²) in [6.07, 6.45) is 2.00. The van der Waals surface area contributed by atoms with Gasteiger partial charge in [0, 0.05) is 13.1 Å². The summed E-state index contributed by atoms with van der Waals surface area (Å²) in [7, 11) is 4.09. The Balaban J connectivity index is 2.06. The lowest BCUT2D eigenvalue weighted by Gasteiger charge is -2.36. The molecule has 1 aliphatic rings. The minimum Gasteiger partial charge on any atom is -0.465 e. The molecule has 2 heterocycles. The second kappa shape index (κ2) is 8.31. The number of ether oxygens (including phenoxy) is 1. The maximum absolute atomic E-state index is 12.4. The van der Waals surface area contributed by atoms with Gasteiger partial charge in [-0.2, -0.15) is 5.26 Å². The molecule has 3 rings (SSSR count). The van der Waals surface area contributed by atoms with Gasteiger partial charge in [0.05, 0.1) is 23.7 Å². The number of aromatic nitrogens is 2. The summed E-state index contributed by atoms with van der Waals surface area (Å²) >= 11 is 0. The smallest absolute Gasteiger partial charge is 0.329 e. The molecule has 1 aromatic heterocycles. The number of hydrogen-bond acceptors (Lipinski definition) is 7. The molecule has 1 atom stereocenters. The van der Waals surface area contributed by atoms with Crippen molar-refractivity contribution in [2.45, 2.75) is 31.7 Å². The highest BCUT2D eigenvalue weighted by molar-refractivity contribution is 5.85. The molecule has 1 saturated heterocycles. The fraction of sp³-hybridized carbons (Fsp3) is 0.500. The van der Waals surface area contributed by atoms with Crippen LogP contribution in [-0.2, 0) is 9.53 Å². The van der Waals surface area contributed by atoms with Gasteiger partial charge < -0.3 is 14.5 Å². The molecule has 0 radical (unpaired) electrons. The predicted octanol–water partition coefficient (Wildman–Crippen LogP) is 2.33. The van der Waals surface area contributed by atoms with E-state index < -0.39 is 11.9 Å². The molecule has 1 unspecified atom stereocenters. The molecule has 7 heteroatoms. The van der Waals surface area contributed by atoms with Gasteiger partial charge in [0.25, 0.3) is 0 Å². The van der Waals surface area contributed by atoms with Crippen molar-refractivity contribution in [1.82, 2.24) is 14.9 Å². The van der Waals surface area contributed by atoms with E-state index in [0.717, 1.165) is 31.4 Å². The van der Waals surface area contributed by atoms with Gasteiger partial charge in [-0.3, -0.25) is 4.79 Å². The molecule has 142 valence electrons. The number of nitrogens with zero attached hydrogens (tertiary/aromatic N) is 5.